The molecule has 15 heavy (non-hydrogen) atoms. The normalized spacial score (nSPS) is 21.7. The van der Waals surface area contributed by atoms with Gasteiger partial charge in [0.2, 0.25) is 0 Å². The molecule has 0 spiro atoms. The Morgan fingerprint density at radius 2 is 2.20 bits per heavy atom. The highest BCUT2D eigenvalue weighted by atomic mass is 16.5. The molecule has 0 unspecified atom stereocenters. The van der Waals surface area contributed by atoms with Crippen molar-refractivity contribution < 1.29 is 4.74 Å². The zero-order valence-electron chi connectivity index (χ0n) is 8.96. The molecule has 0 saturated heterocycles. The van der Waals surface area contributed by atoms with E-state index in [1.807, 2.05) is 0 Å². The minimum Gasteiger partial charge on any atom is -0.493 e. The van der Waals surface area contributed by atoms with E-state index in [0.717, 1.165) is 25.2 Å². The van der Waals surface area contributed by atoms with E-state index < -0.39 is 0 Å². The summed E-state index contributed by atoms with van der Waals surface area (Å²) < 4.78 is 5.49. The average molecular weight is 203 g/mol. The van der Waals surface area contributed by atoms with E-state index in [1.54, 1.807) is 0 Å². The zero-order chi connectivity index (χ0) is 10.3. The quantitative estimate of drug-likeness (QED) is 0.798. The fourth-order valence-electron chi connectivity index (χ4n) is 2.56. The molecule has 1 fully saturated rings. The van der Waals surface area contributed by atoms with Gasteiger partial charge in [-0.3, -0.25) is 0 Å². The van der Waals surface area contributed by atoms with Crippen molar-refractivity contribution in [2.75, 3.05) is 6.61 Å². The number of hydrogen-bond acceptors (Lipinski definition) is 2. The summed E-state index contributed by atoms with van der Waals surface area (Å²) in [5.74, 6) is 1.07. The topological polar surface area (TPSA) is 35.2 Å². The average Bonchev–Trinajstić information content (AvgIpc) is 2.62. The smallest absolute Gasteiger partial charge is 0.122 e. The second kappa shape index (κ2) is 3.24. The van der Waals surface area contributed by atoms with Crippen LogP contribution in [0.1, 0.15) is 30.4 Å². The van der Waals surface area contributed by atoms with Crippen molar-refractivity contribution >= 4 is 0 Å². The molecule has 2 aliphatic rings. The van der Waals surface area contributed by atoms with Gasteiger partial charge < -0.3 is 10.5 Å². The summed E-state index contributed by atoms with van der Waals surface area (Å²) in [6.45, 7) is 0.840. The van der Waals surface area contributed by atoms with Crippen LogP contribution in [0.25, 0.3) is 0 Å². The molecule has 1 saturated carbocycles. The van der Waals surface area contributed by atoms with Crippen molar-refractivity contribution in [3.8, 4) is 5.75 Å². The Morgan fingerprint density at radius 1 is 1.33 bits per heavy atom. The lowest BCUT2D eigenvalue weighted by atomic mass is 9.73. The highest BCUT2D eigenvalue weighted by molar-refractivity contribution is 5.40. The fourth-order valence-corrected chi connectivity index (χ4v) is 2.56. The van der Waals surface area contributed by atoms with Crippen LogP contribution in [0.5, 0.6) is 5.75 Å². The monoisotopic (exact) mass is 203 g/mol. The molecule has 0 atom stereocenters. The highest BCUT2D eigenvalue weighted by Gasteiger charge is 2.32. The Balaban J connectivity index is 1.81. The zero-order valence-corrected chi connectivity index (χ0v) is 8.96. The molecule has 1 aliphatic carbocycles. The molecule has 1 aliphatic heterocycles. The van der Waals surface area contributed by atoms with Crippen molar-refractivity contribution in [3.05, 3.63) is 29.3 Å². The third-order valence-electron chi connectivity index (χ3n) is 3.66. The number of nitrogens with two attached hydrogens (primary N) is 1. The number of fused-ring (bicyclic) bond motifs is 1. The lowest BCUT2D eigenvalue weighted by molar-refractivity contribution is 0.247. The van der Waals surface area contributed by atoms with Gasteiger partial charge in [-0.2, -0.15) is 0 Å². The van der Waals surface area contributed by atoms with Gasteiger partial charge in [0.1, 0.15) is 5.75 Å². The summed E-state index contributed by atoms with van der Waals surface area (Å²) in [5.41, 5.74) is 9.07. The predicted molar refractivity (Wildman–Crippen MR) is 60.1 cm³/mol. The van der Waals surface area contributed by atoms with E-state index in [0.29, 0.717) is 0 Å². The molecule has 0 radical (unpaired) electrons. The van der Waals surface area contributed by atoms with Crippen molar-refractivity contribution in [1.82, 2.24) is 0 Å². The molecular formula is C13H17NO. The van der Waals surface area contributed by atoms with Gasteiger partial charge in [0, 0.05) is 12.0 Å². The van der Waals surface area contributed by atoms with Gasteiger partial charge in [0.15, 0.2) is 0 Å². The van der Waals surface area contributed by atoms with Crippen molar-refractivity contribution in [1.29, 1.82) is 0 Å². The van der Waals surface area contributed by atoms with E-state index in [1.165, 1.54) is 30.4 Å². The van der Waals surface area contributed by atoms with Gasteiger partial charge in [-0.05, 0) is 42.9 Å². The van der Waals surface area contributed by atoms with Gasteiger partial charge in [0.25, 0.3) is 0 Å². The van der Waals surface area contributed by atoms with Crippen LogP contribution in [0.4, 0.5) is 0 Å². The van der Waals surface area contributed by atoms with Crippen molar-refractivity contribution in [2.45, 2.75) is 37.6 Å². The number of rotatable bonds is 2. The Hall–Kier alpha value is -1.02. The Labute approximate surface area is 90.4 Å². The third kappa shape index (κ3) is 1.63. The first-order valence-corrected chi connectivity index (χ1v) is 5.79. The van der Waals surface area contributed by atoms with Crippen LogP contribution in [0.2, 0.25) is 0 Å². The molecule has 0 aromatic heterocycles. The Bertz CT molecular complexity index is 382. The summed E-state index contributed by atoms with van der Waals surface area (Å²) >= 11 is 0. The van der Waals surface area contributed by atoms with E-state index in [-0.39, 0.29) is 5.54 Å². The first-order valence-electron chi connectivity index (χ1n) is 5.79. The van der Waals surface area contributed by atoms with E-state index in [9.17, 15) is 0 Å². The summed E-state index contributed by atoms with van der Waals surface area (Å²) in [4.78, 5) is 0. The Kier molecular flexibility index (Phi) is 1.99. The molecule has 0 amide bonds. The van der Waals surface area contributed by atoms with E-state index in [2.05, 4.69) is 18.2 Å². The summed E-state index contributed by atoms with van der Waals surface area (Å²) in [5, 5.41) is 0. The minimum atomic E-state index is 0.0910. The predicted octanol–water partition coefficient (Wildman–Crippen LogP) is 2.05. The van der Waals surface area contributed by atoms with E-state index in [4.69, 9.17) is 10.5 Å². The third-order valence-corrected chi connectivity index (χ3v) is 3.66. The molecule has 3 rings (SSSR count). The van der Waals surface area contributed by atoms with Gasteiger partial charge >= 0.3 is 0 Å². The lowest BCUT2D eigenvalue weighted by Gasteiger charge is -2.38. The molecule has 1 heterocycles. The SMILES string of the molecule is NC1(Cc2ccc3c(c2)CCO3)CCC1. The molecule has 2 nitrogen and oxygen atoms in total. The summed E-state index contributed by atoms with van der Waals surface area (Å²) in [7, 11) is 0. The largest absolute Gasteiger partial charge is 0.493 e. The second-order valence-electron chi connectivity index (χ2n) is 4.93. The van der Waals surface area contributed by atoms with Gasteiger partial charge in [-0.1, -0.05) is 12.1 Å². The summed E-state index contributed by atoms with van der Waals surface area (Å²) in [6.07, 6.45) is 5.74. The molecule has 1 aromatic rings. The minimum absolute atomic E-state index is 0.0910. The van der Waals surface area contributed by atoms with Crippen molar-refractivity contribution in [3.63, 3.8) is 0 Å². The maximum absolute atomic E-state index is 6.25. The molecular weight excluding hydrogens is 186 g/mol. The van der Waals surface area contributed by atoms with Crippen LogP contribution in [0, 0.1) is 0 Å². The van der Waals surface area contributed by atoms with E-state index >= 15 is 0 Å². The maximum Gasteiger partial charge on any atom is 0.122 e. The molecule has 1 aromatic carbocycles. The van der Waals surface area contributed by atoms with Crippen LogP contribution >= 0.6 is 0 Å². The first kappa shape index (κ1) is 9.22. The van der Waals surface area contributed by atoms with Crippen LogP contribution in [0.15, 0.2) is 18.2 Å². The van der Waals surface area contributed by atoms with Crippen LogP contribution in [0.3, 0.4) is 0 Å². The van der Waals surface area contributed by atoms with Crippen molar-refractivity contribution in [2.24, 2.45) is 5.73 Å². The number of hydrogen-bond donors (Lipinski definition) is 1. The van der Waals surface area contributed by atoms with Gasteiger partial charge in [-0.15, -0.1) is 0 Å². The van der Waals surface area contributed by atoms with Crippen LogP contribution in [-0.4, -0.2) is 12.1 Å². The number of benzene rings is 1. The molecule has 2 heteroatoms. The van der Waals surface area contributed by atoms with Gasteiger partial charge in [-0.25, -0.2) is 0 Å². The molecule has 0 bridgehead atoms. The highest BCUT2D eigenvalue weighted by Crippen LogP contribution is 2.34. The number of ether oxygens (including phenoxy) is 1. The molecule has 2 N–H and O–H groups in total. The first-order chi connectivity index (χ1) is 7.25. The Morgan fingerprint density at radius 3 is 2.93 bits per heavy atom. The fraction of sp³-hybridized carbons (Fsp3) is 0.538. The maximum atomic E-state index is 6.25. The van der Waals surface area contributed by atoms with Crippen LogP contribution in [-0.2, 0) is 12.8 Å². The summed E-state index contributed by atoms with van der Waals surface area (Å²) in [6, 6.07) is 6.53. The molecule has 80 valence electrons. The van der Waals surface area contributed by atoms with Gasteiger partial charge in [0.05, 0.1) is 6.61 Å². The standard InChI is InChI=1S/C13H17NO/c14-13(5-1-6-13)9-10-2-3-12-11(8-10)4-7-15-12/h2-3,8H,1,4-7,9,14H2. The second-order valence-corrected chi connectivity index (χ2v) is 4.93. The lowest BCUT2D eigenvalue weighted by Crippen LogP contribution is -2.48. The van der Waals surface area contributed by atoms with Crippen LogP contribution < -0.4 is 10.5 Å².